The van der Waals surface area contributed by atoms with E-state index in [-0.39, 0.29) is 17.9 Å². The Morgan fingerprint density at radius 1 is 1.17 bits per heavy atom. The van der Waals surface area contributed by atoms with Crippen LogP contribution in [0.1, 0.15) is 52.9 Å². The first-order valence-corrected chi connectivity index (χ1v) is 10.7. The Morgan fingerprint density at radius 2 is 1.83 bits per heavy atom. The number of carbonyl (C=O) groups excluding carboxylic acids is 4. The van der Waals surface area contributed by atoms with Gasteiger partial charge in [0.2, 0.25) is 11.8 Å². The molecule has 0 saturated carbocycles. The highest BCUT2D eigenvalue weighted by atomic mass is 16.3. The van der Waals surface area contributed by atoms with Crippen molar-refractivity contribution < 1.29 is 24.3 Å². The number of hydrogen-bond acceptors (Lipinski definition) is 7. The molecule has 0 bridgehead atoms. The zero-order valence-electron chi connectivity index (χ0n) is 18.0. The van der Waals surface area contributed by atoms with Gasteiger partial charge in [-0.25, -0.2) is 0 Å². The monoisotopic (exact) mass is 425 g/mol. The minimum atomic E-state index is -1.65. The molecular formula is C20H35N5O5. The van der Waals surface area contributed by atoms with Gasteiger partial charge in [-0.05, 0) is 51.5 Å². The van der Waals surface area contributed by atoms with Crippen molar-refractivity contribution in [2.75, 3.05) is 13.1 Å². The molecule has 170 valence electrons. The second-order valence-electron chi connectivity index (χ2n) is 8.70. The van der Waals surface area contributed by atoms with Gasteiger partial charge in [-0.1, -0.05) is 13.8 Å². The van der Waals surface area contributed by atoms with Gasteiger partial charge in [0, 0.05) is 12.6 Å². The molecule has 2 fully saturated rings. The fraction of sp³-hybridized carbons (Fsp3) is 0.800. The standard InChI is InChI=1S/C20H35N5O5/c1-11(2)10-13(21)16(26)20(30)25(12(3)17(22)27)19(29)15-7-5-9-24(15)18(28)14-6-4-8-23-14/h11-16,23,26H,4-10,21H2,1-3H3,(H2,22,27)/t12-,13+,14-,15-,16-/m0/s1. The summed E-state index contributed by atoms with van der Waals surface area (Å²) in [6, 6.07) is -3.38. The Morgan fingerprint density at radius 3 is 2.37 bits per heavy atom. The van der Waals surface area contributed by atoms with Crippen LogP contribution >= 0.6 is 0 Å². The number of nitrogens with zero attached hydrogens (tertiary/aromatic N) is 2. The Hall–Kier alpha value is -2.04. The molecular weight excluding hydrogens is 390 g/mol. The van der Waals surface area contributed by atoms with Crippen molar-refractivity contribution in [3.63, 3.8) is 0 Å². The summed E-state index contributed by atoms with van der Waals surface area (Å²) in [4.78, 5) is 53.2. The molecule has 0 aromatic rings. The number of aliphatic hydroxyl groups is 1. The number of amides is 4. The highest BCUT2D eigenvalue weighted by molar-refractivity contribution is 6.04. The number of nitrogens with one attached hydrogen (secondary N) is 1. The van der Waals surface area contributed by atoms with Crippen LogP contribution in [0, 0.1) is 5.92 Å². The molecule has 0 unspecified atom stereocenters. The first-order valence-electron chi connectivity index (χ1n) is 10.7. The summed E-state index contributed by atoms with van der Waals surface area (Å²) in [5, 5.41) is 13.6. The average Bonchev–Trinajstić information content (AvgIpc) is 3.37. The summed E-state index contributed by atoms with van der Waals surface area (Å²) in [6.45, 7) is 6.26. The van der Waals surface area contributed by atoms with Crippen LogP contribution in [0.3, 0.4) is 0 Å². The lowest BCUT2D eigenvalue weighted by Crippen LogP contribution is -2.61. The SMILES string of the molecule is CC(C)C[C@@H](N)[C@H](O)C(=O)N(C(=O)[C@@H]1CCCN1C(=O)[C@@H]1CCCN1)[C@@H](C)C(N)=O. The van der Waals surface area contributed by atoms with Gasteiger partial charge in [0.15, 0.2) is 0 Å². The fourth-order valence-electron chi connectivity index (χ4n) is 4.16. The molecule has 0 aromatic heterocycles. The van der Waals surface area contributed by atoms with Crippen LogP contribution in [0.4, 0.5) is 0 Å². The molecule has 2 aliphatic rings. The van der Waals surface area contributed by atoms with E-state index in [1.54, 1.807) is 0 Å². The number of imide groups is 1. The normalized spacial score (nSPS) is 24.5. The summed E-state index contributed by atoms with van der Waals surface area (Å²) >= 11 is 0. The highest BCUT2D eigenvalue weighted by Gasteiger charge is 2.44. The first-order chi connectivity index (χ1) is 14.1. The molecule has 10 nitrogen and oxygen atoms in total. The molecule has 6 N–H and O–H groups in total. The average molecular weight is 426 g/mol. The van der Waals surface area contributed by atoms with Crippen LogP contribution < -0.4 is 16.8 Å². The van der Waals surface area contributed by atoms with Gasteiger partial charge in [-0.2, -0.15) is 0 Å². The second kappa shape index (κ2) is 10.3. The molecule has 4 amide bonds. The van der Waals surface area contributed by atoms with Gasteiger partial charge in [0.25, 0.3) is 11.8 Å². The molecule has 2 saturated heterocycles. The largest absolute Gasteiger partial charge is 0.382 e. The number of hydrogen-bond donors (Lipinski definition) is 4. The summed E-state index contributed by atoms with van der Waals surface area (Å²) in [7, 11) is 0. The maximum absolute atomic E-state index is 13.3. The van der Waals surface area contributed by atoms with E-state index in [0.717, 1.165) is 13.0 Å². The van der Waals surface area contributed by atoms with Crippen molar-refractivity contribution in [1.29, 1.82) is 0 Å². The fourth-order valence-corrected chi connectivity index (χ4v) is 4.16. The van der Waals surface area contributed by atoms with E-state index in [2.05, 4.69) is 5.32 Å². The lowest BCUT2D eigenvalue weighted by molar-refractivity contribution is -0.160. The van der Waals surface area contributed by atoms with Gasteiger partial charge in [0.05, 0.1) is 6.04 Å². The predicted molar refractivity (Wildman–Crippen MR) is 110 cm³/mol. The lowest BCUT2D eigenvalue weighted by Gasteiger charge is -2.34. The number of aliphatic hydroxyl groups excluding tert-OH is 1. The highest BCUT2D eigenvalue weighted by Crippen LogP contribution is 2.24. The molecule has 2 rings (SSSR count). The molecule has 10 heteroatoms. The predicted octanol–water partition coefficient (Wildman–Crippen LogP) is -1.31. The molecule has 0 radical (unpaired) electrons. The van der Waals surface area contributed by atoms with Crippen LogP contribution in [-0.2, 0) is 19.2 Å². The maximum atomic E-state index is 13.3. The maximum Gasteiger partial charge on any atom is 0.260 e. The molecule has 5 atom stereocenters. The number of rotatable bonds is 8. The minimum absolute atomic E-state index is 0.127. The molecule has 2 heterocycles. The van der Waals surface area contributed by atoms with E-state index in [1.807, 2.05) is 13.8 Å². The van der Waals surface area contributed by atoms with Crippen molar-refractivity contribution in [2.45, 2.75) is 83.1 Å². The van der Waals surface area contributed by atoms with Gasteiger partial charge >= 0.3 is 0 Å². The van der Waals surface area contributed by atoms with Gasteiger partial charge in [0.1, 0.15) is 18.2 Å². The zero-order chi connectivity index (χ0) is 22.6. The lowest BCUT2D eigenvalue weighted by atomic mass is 9.98. The van der Waals surface area contributed by atoms with E-state index in [0.29, 0.717) is 37.1 Å². The summed E-state index contributed by atoms with van der Waals surface area (Å²) < 4.78 is 0. The molecule has 0 spiro atoms. The summed E-state index contributed by atoms with van der Waals surface area (Å²) in [5.74, 6) is -2.60. The van der Waals surface area contributed by atoms with Crippen molar-refractivity contribution in [3.8, 4) is 0 Å². The van der Waals surface area contributed by atoms with Crippen molar-refractivity contribution in [2.24, 2.45) is 17.4 Å². The minimum Gasteiger partial charge on any atom is -0.382 e. The Labute approximate surface area is 177 Å². The third kappa shape index (κ3) is 5.35. The van der Waals surface area contributed by atoms with E-state index in [9.17, 15) is 24.3 Å². The number of nitrogens with two attached hydrogens (primary N) is 2. The van der Waals surface area contributed by atoms with Crippen LogP contribution in [0.5, 0.6) is 0 Å². The quantitative estimate of drug-likeness (QED) is 0.376. The Balaban J connectivity index is 2.24. The number of primary amides is 1. The van der Waals surface area contributed by atoms with Crippen molar-refractivity contribution in [3.05, 3.63) is 0 Å². The Kier molecular flexibility index (Phi) is 8.34. The third-order valence-electron chi connectivity index (χ3n) is 5.86. The van der Waals surface area contributed by atoms with Crippen molar-refractivity contribution >= 4 is 23.6 Å². The van der Waals surface area contributed by atoms with Crippen LogP contribution in [0.2, 0.25) is 0 Å². The van der Waals surface area contributed by atoms with Gasteiger partial charge in [-0.15, -0.1) is 0 Å². The zero-order valence-corrected chi connectivity index (χ0v) is 18.0. The molecule has 30 heavy (non-hydrogen) atoms. The van der Waals surface area contributed by atoms with Crippen molar-refractivity contribution in [1.82, 2.24) is 15.1 Å². The summed E-state index contributed by atoms with van der Waals surface area (Å²) in [5.41, 5.74) is 11.3. The van der Waals surface area contributed by atoms with Crippen LogP contribution in [0.25, 0.3) is 0 Å². The smallest absolute Gasteiger partial charge is 0.260 e. The second-order valence-corrected chi connectivity index (χ2v) is 8.70. The van der Waals surface area contributed by atoms with E-state index in [4.69, 9.17) is 11.5 Å². The topological polar surface area (TPSA) is 159 Å². The van der Waals surface area contributed by atoms with E-state index in [1.165, 1.54) is 11.8 Å². The van der Waals surface area contributed by atoms with Gasteiger partial charge < -0.3 is 26.8 Å². The van der Waals surface area contributed by atoms with Crippen LogP contribution in [0.15, 0.2) is 0 Å². The van der Waals surface area contributed by atoms with Crippen LogP contribution in [-0.4, -0.2) is 81.9 Å². The molecule has 0 aromatic carbocycles. The van der Waals surface area contributed by atoms with Gasteiger partial charge in [-0.3, -0.25) is 24.1 Å². The number of carbonyl (C=O) groups is 4. The molecule has 2 aliphatic heterocycles. The third-order valence-corrected chi connectivity index (χ3v) is 5.86. The summed E-state index contributed by atoms with van der Waals surface area (Å²) in [6.07, 6.45) is 1.27. The van der Waals surface area contributed by atoms with E-state index >= 15 is 0 Å². The first kappa shape index (κ1) is 24.2. The Bertz CT molecular complexity index is 664. The number of likely N-dealkylation sites (tertiary alicyclic amines) is 1. The molecule has 0 aliphatic carbocycles. The van der Waals surface area contributed by atoms with E-state index < -0.39 is 42.0 Å².